The molecule has 0 spiro atoms. The van der Waals surface area contributed by atoms with Crippen LogP contribution in [0, 0.1) is 6.92 Å². The summed E-state index contributed by atoms with van der Waals surface area (Å²) in [5.41, 5.74) is 5.37. The molecule has 0 radical (unpaired) electrons. The molecule has 1 N–H and O–H groups in total. The molecule has 0 aliphatic heterocycles. The van der Waals surface area contributed by atoms with Crippen LogP contribution in [-0.2, 0) is 13.1 Å². The van der Waals surface area contributed by atoms with Crippen LogP contribution in [0.25, 0.3) is 16.7 Å². The van der Waals surface area contributed by atoms with Crippen molar-refractivity contribution in [1.29, 1.82) is 0 Å². The molecule has 0 bridgehead atoms. The third-order valence-corrected chi connectivity index (χ3v) is 5.22. The zero-order chi connectivity index (χ0) is 20.5. The first kappa shape index (κ1) is 18.1. The zero-order valence-electron chi connectivity index (χ0n) is 16.5. The number of amides is 1. The summed E-state index contributed by atoms with van der Waals surface area (Å²) in [6.07, 6.45) is 3.44. The summed E-state index contributed by atoms with van der Waals surface area (Å²) in [5.74, 6) is 0.661. The molecule has 0 saturated heterocycles. The fourth-order valence-corrected chi connectivity index (χ4v) is 3.74. The SMILES string of the molecule is Cc1nnc2ccc3c(cc(C(=O)NCc4ccncc4)n3Cc3ccccc3)n12. The lowest BCUT2D eigenvalue weighted by molar-refractivity contribution is 0.0942. The first-order chi connectivity index (χ1) is 14.7. The van der Waals surface area contributed by atoms with E-state index in [1.54, 1.807) is 12.4 Å². The molecular formula is C23H20N6O. The Morgan fingerprint density at radius 2 is 1.73 bits per heavy atom. The Kier molecular flexibility index (Phi) is 4.48. The van der Waals surface area contributed by atoms with Crippen LogP contribution in [-0.4, -0.2) is 30.1 Å². The number of hydrogen-bond donors (Lipinski definition) is 1. The van der Waals surface area contributed by atoms with Gasteiger partial charge in [-0.15, -0.1) is 10.2 Å². The van der Waals surface area contributed by atoms with Gasteiger partial charge in [0.05, 0.1) is 11.0 Å². The summed E-state index contributed by atoms with van der Waals surface area (Å²) in [7, 11) is 0. The van der Waals surface area contributed by atoms with Gasteiger partial charge in [-0.1, -0.05) is 30.3 Å². The van der Waals surface area contributed by atoms with E-state index in [-0.39, 0.29) is 5.91 Å². The van der Waals surface area contributed by atoms with Gasteiger partial charge >= 0.3 is 0 Å². The minimum atomic E-state index is -0.127. The Bertz CT molecular complexity index is 1340. The summed E-state index contributed by atoms with van der Waals surface area (Å²) in [6.45, 7) is 2.95. The Morgan fingerprint density at radius 1 is 0.933 bits per heavy atom. The minimum absolute atomic E-state index is 0.127. The molecule has 1 aromatic carbocycles. The normalized spacial score (nSPS) is 11.2. The molecule has 4 aromatic heterocycles. The highest BCUT2D eigenvalue weighted by Crippen LogP contribution is 2.24. The fourth-order valence-electron chi connectivity index (χ4n) is 3.74. The van der Waals surface area contributed by atoms with Crippen molar-refractivity contribution >= 4 is 22.6 Å². The highest BCUT2D eigenvalue weighted by Gasteiger charge is 2.19. The third-order valence-electron chi connectivity index (χ3n) is 5.22. The molecule has 0 unspecified atom stereocenters. The van der Waals surface area contributed by atoms with Gasteiger partial charge in [0.1, 0.15) is 11.5 Å². The largest absolute Gasteiger partial charge is 0.347 e. The molecule has 7 heteroatoms. The van der Waals surface area contributed by atoms with E-state index in [1.165, 1.54) is 0 Å². The van der Waals surface area contributed by atoms with Gasteiger partial charge in [0.2, 0.25) is 0 Å². The van der Waals surface area contributed by atoms with E-state index in [0.29, 0.717) is 18.8 Å². The number of rotatable bonds is 5. The Hall–Kier alpha value is -4.00. The first-order valence-electron chi connectivity index (χ1n) is 9.76. The van der Waals surface area contributed by atoms with Crippen molar-refractivity contribution in [2.75, 3.05) is 0 Å². The van der Waals surface area contributed by atoms with Crippen molar-refractivity contribution in [2.24, 2.45) is 0 Å². The van der Waals surface area contributed by atoms with Crippen LogP contribution in [0.3, 0.4) is 0 Å². The van der Waals surface area contributed by atoms with Gasteiger partial charge in [0, 0.05) is 25.5 Å². The number of carbonyl (C=O) groups excluding carboxylic acids is 1. The Balaban J connectivity index is 1.59. The molecule has 0 aliphatic rings. The van der Waals surface area contributed by atoms with Crippen LogP contribution in [0.15, 0.2) is 73.1 Å². The van der Waals surface area contributed by atoms with Crippen molar-refractivity contribution in [3.05, 3.63) is 95.7 Å². The van der Waals surface area contributed by atoms with Crippen LogP contribution in [0.5, 0.6) is 0 Å². The number of fused-ring (bicyclic) bond motifs is 3. The van der Waals surface area contributed by atoms with Gasteiger partial charge in [0.15, 0.2) is 5.65 Å². The molecule has 1 amide bonds. The number of hydrogen-bond acceptors (Lipinski definition) is 4. The lowest BCUT2D eigenvalue weighted by atomic mass is 10.2. The van der Waals surface area contributed by atoms with E-state index >= 15 is 0 Å². The number of nitrogens with one attached hydrogen (secondary N) is 1. The second kappa shape index (κ2) is 7.44. The zero-order valence-corrected chi connectivity index (χ0v) is 16.5. The second-order valence-corrected chi connectivity index (χ2v) is 7.18. The molecule has 7 nitrogen and oxygen atoms in total. The first-order valence-corrected chi connectivity index (χ1v) is 9.76. The van der Waals surface area contributed by atoms with Crippen molar-refractivity contribution in [3.63, 3.8) is 0 Å². The lowest BCUT2D eigenvalue weighted by Gasteiger charge is -2.11. The highest BCUT2D eigenvalue weighted by molar-refractivity contribution is 5.98. The van der Waals surface area contributed by atoms with Crippen LogP contribution in [0.4, 0.5) is 0 Å². The molecule has 148 valence electrons. The second-order valence-electron chi connectivity index (χ2n) is 7.18. The number of aromatic nitrogens is 5. The molecule has 4 heterocycles. The summed E-state index contributed by atoms with van der Waals surface area (Å²) in [6, 6.07) is 19.8. The maximum atomic E-state index is 13.2. The van der Waals surface area contributed by atoms with E-state index in [0.717, 1.165) is 33.6 Å². The van der Waals surface area contributed by atoms with Gasteiger partial charge in [-0.05, 0) is 48.4 Å². The Morgan fingerprint density at radius 3 is 2.53 bits per heavy atom. The van der Waals surface area contributed by atoms with E-state index in [2.05, 4.69) is 32.6 Å². The number of carbonyl (C=O) groups is 1. The van der Waals surface area contributed by atoms with E-state index in [9.17, 15) is 4.79 Å². The molecule has 30 heavy (non-hydrogen) atoms. The van der Waals surface area contributed by atoms with Gasteiger partial charge in [-0.25, -0.2) is 0 Å². The molecule has 0 aliphatic carbocycles. The van der Waals surface area contributed by atoms with Crippen LogP contribution in [0.2, 0.25) is 0 Å². The number of aryl methyl sites for hydroxylation is 1. The topological polar surface area (TPSA) is 77.1 Å². The van der Waals surface area contributed by atoms with Gasteiger partial charge in [-0.2, -0.15) is 0 Å². The van der Waals surface area contributed by atoms with Crippen molar-refractivity contribution in [3.8, 4) is 0 Å². The van der Waals surface area contributed by atoms with Gasteiger partial charge in [0.25, 0.3) is 5.91 Å². The molecule has 0 atom stereocenters. The Labute approximate surface area is 173 Å². The monoisotopic (exact) mass is 396 g/mol. The van der Waals surface area contributed by atoms with Crippen molar-refractivity contribution < 1.29 is 4.79 Å². The standard InChI is InChI=1S/C23H20N6O/c1-16-26-27-22-8-7-19-20(29(16)22)13-21(28(19)15-18-5-3-2-4-6-18)23(30)25-14-17-9-11-24-12-10-17/h2-13H,14-15H2,1H3,(H,25,30). The third kappa shape index (κ3) is 3.20. The highest BCUT2D eigenvalue weighted by atomic mass is 16.1. The molecule has 5 rings (SSSR count). The fraction of sp³-hybridized carbons (Fsp3) is 0.130. The lowest BCUT2D eigenvalue weighted by Crippen LogP contribution is -2.25. The summed E-state index contributed by atoms with van der Waals surface area (Å²) < 4.78 is 4.03. The molecule has 5 aromatic rings. The molecule has 0 fully saturated rings. The number of nitrogens with zero attached hydrogens (tertiary/aromatic N) is 5. The van der Waals surface area contributed by atoms with Crippen molar-refractivity contribution in [1.82, 2.24) is 29.5 Å². The maximum absolute atomic E-state index is 13.2. The van der Waals surface area contributed by atoms with Crippen LogP contribution >= 0.6 is 0 Å². The summed E-state index contributed by atoms with van der Waals surface area (Å²) in [5, 5.41) is 11.4. The van der Waals surface area contributed by atoms with E-state index in [1.807, 2.05) is 64.4 Å². The van der Waals surface area contributed by atoms with E-state index < -0.39 is 0 Å². The average Bonchev–Trinajstić information content (AvgIpc) is 3.34. The van der Waals surface area contributed by atoms with Gasteiger partial charge < -0.3 is 9.88 Å². The summed E-state index contributed by atoms with van der Waals surface area (Å²) in [4.78, 5) is 17.2. The minimum Gasteiger partial charge on any atom is -0.347 e. The van der Waals surface area contributed by atoms with Crippen LogP contribution < -0.4 is 5.32 Å². The predicted molar refractivity (Wildman–Crippen MR) is 114 cm³/mol. The van der Waals surface area contributed by atoms with Crippen molar-refractivity contribution in [2.45, 2.75) is 20.0 Å². The van der Waals surface area contributed by atoms with E-state index in [4.69, 9.17) is 0 Å². The quantitative estimate of drug-likeness (QED) is 0.494. The maximum Gasteiger partial charge on any atom is 0.268 e. The molecular weight excluding hydrogens is 376 g/mol. The average molecular weight is 396 g/mol. The smallest absolute Gasteiger partial charge is 0.268 e. The molecule has 0 saturated carbocycles. The number of pyridine rings is 2. The summed E-state index contributed by atoms with van der Waals surface area (Å²) >= 11 is 0. The predicted octanol–water partition coefficient (Wildman–Crippen LogP) is 3.37. The number of benzene rings is 1. The van der Waals surface area contributed by atoms with Crippen LogP contribution in [0.1, 0.15) is 27.4 Å². The van der Waals surface area contributed by atoms with Gasteiger partial charge in [-0.3, -0.25) is 14.2 Å².